The van der Waals surface area contributed by atoms with Crippen LogP contribution in [-0.4, -0.2) is 17.9 Å². The molecule has 0 aromatic heterocycles. The second-order valence-corrected chi connectivity index (χ2v) is 8.52. The van der Waals surface area contributed by atoms with E-state index in [1.165, 1.54) is 5.56 Å². The van der Waals surface area contributed by atoms with Crippen LogP contribution in [0.1, 0.15) is 42.3 Å². The van der Waals surface area contributed by atoms with Crippen molar-refractivity contribution in [2.24, 2.45) is 5.73 Å². The minimum Gasteiger partial charge on any atom is -0.368 e. The molecule has 0 aliphatic carbocycles. The van der Waals surface area contributed by atoms with Crippen LogP contribution in [0.3, 0.4) is 0 Å². The molecule has 3 N–H and O–H groups in total. The van der Waals surface area contributed by atoms with E-state index in [2.05, 4.69) is 38.2 Å². The first-order chi connectivity index (χ1) is 14.2. The highest BCUT2D eigenvalue weighted by Gasteiger charge is 2.20. The quantitative estimate of drug-likeness (QED) is 0.640. The number of hydrogen-bond donors (Lipinski definition) is 2. The Bertz CT molecular complexity index is 1000. The number of benzene rings is 3. The van der Waals surface area contributed by atoms with E-state index in [0.29, 0.717) is 12.0 Å². The highest BCUT2D eigenvalue weighted by Crippen LogP contribution is 2.23. The predicted molar refractivity (Wildman–Crippen MR) is 121 cm³/mol. The third-order valence-electron chi connectivity index (χ3n) is 5.16. The molecule has 0 spiro atoms. The van der Waals surface area contributed by atoms with Gasteiger partial charge >= 0.3 is 0 Å². The van der Waals surface area contributed by atoms with Crippen LogP contribution in [0.4, 0.5) is 0 Å². The van der Waals surface area contributed by atoms with E-state index in [1.807, 2.05) is 54.6 Å². The third kappa shape index (κ3) is 5.35. The molecular formula is C26H28N2O2. The fraction of sp³-hybridized carbons (Fsp3) is 0.231. The molecule has 3 rings (SSSR count). The summed E-state index contributed by atoms with van der Waals surface area (Å²) in [5, 5.41) is 2.77. The van der Waals surface area contributed by atoms with E-state index in [9.17, 15) is 9.59 Å². The van der Waals surface area contributed by atoms with Gasteiger partial charge in [0.25, 0.3) is 5.91 Å². The maximum absolute atomic E-state index is 12.7. The number of amides is 2. The van der Waals surface area contributed by atoms with Crippen LogP contribution in [-0.2, 0) is 16.6 Å². The van der Waals surface area contributed by atoms with Crippen LogP contribution >= 0.6 is 0 Å². The normalized spacial score (nSPS) is 12.2. The second-order valence-electron chi connectivity index (χ2n) is 8.52. The van der Waals surface area contributed by atoms with Gasteiger partial charge in [-0.05, 0) is 39.8 Å². The number of nitrogens with two attached hydrogens (primary N) is 1. The van der Waals surface area contributed by atoms with Gasteiger partial charge in [0, 0.05) is 12.0 Å². The standard InChI is InChI=1S/C26H28N2O2/c1-26(2,3)22-15-9-18(10-16-22)17-23(24(27)29)28-25(30)21-13-11-20(12-14-21)19-7-5-4-6-8-19/h4-16,23H,17H2,1-3H3,(H2,27,29)(H,28,30)/t23-/m0/s1. The van der Waals surface area contributed by atoms with Crippen molar-refractivity contribution >= 4 is 11.8 Å². The molecule has 30 heavy (non-hydrogen) atoms. The summed E-state index contributed by atoms with van der Waals surface area (Å²) in [7, 11) is 0. The summed E-state index contributed by atoms with van der Waals surface area (Å²) in [6.45, 7) is 6.45. The van der Waals surface area contributed by atoms with Crippen LogP contribution in [0.15, 0.2) is 78.9 Å². The Morgan fingerprint density at radius 1 is 0.833 bits per heavy atom. The SMILES string of the molecule is CC(C)(C)c1ccc(C[C@H](NC(=O)c2ccc(-c3ccccc3)cc2)C(N)=O)cc1. The third-order valence-corrected chi connectivity index (χ3v) is 5.16. The van der Waals surface area contributed by atoms with Gasteiger partial charge in [-0.25, -0.2) is 0 Å². The summed E-state index contributed by atoms with van der Waals surface area (Å²) < 4.78 is 0. The molecule has 0 heterocycles. The summed E-state index contributed by atoms with van der Waals surface area (Å²) in [6.07, 6.45) is 0.355. The Morgan fingerprint density at radius 3 is 1.93 bits per heavy atom. The Balaban J connectivity index is 1.69. The van der Waals surface area contributed by atoms with E-state index >= 15 is 0 Å². The highest BCUT2D eigenvalue weighted by molar-refractivity contribution is 5.97. The van der Waals surface area contributed by atoms with Gasteiger partial charge in [-0.3, -0.25) is 9.59 Å². The zero-order valence-corrected chi connectivity index (χ0v) is 17.7. The van der Waals surface area contributed by atoms with Crippen LogP contribution in [0, 0.1) is 0 Å². The fourth-order valence-electron chi connectivity index (χ4n) is 3.29. The van der Waals surface area contributed by atoms with E-state index < -0.39 is 11.9 Å². The van der Waals surface area contributed by atoms with E-state index in [1.54, 1.807) is 12.1 Å². The van der Waals surface area contributed by atoms with Crippen molar-refractivity contribution in [2.45, 2.75) is 38.6 Å². The Labute approximate surface area is 178 Å². The number of primary amides is 1. The van der Waals surface area contributed by atoms with Gasteiger partial charge in [0.2, 0.25) is 5.91 Å². The van der Waals surface area contributed by atoms with Gasteiger partial charge in [0.1, 0.15) is 6.04 Å². The molecule has 0 saturated heterocycles. The zero-order chi connectivity index (χ0) is 21.7. The zero-order valence-electron chi connectivity index (χ0n) is 17.7. The Morgan fingerprint density at radius 2 is 1.40 bits per heavy atom. The molecule has 3 aromatic carbocycles. The van der Waals surface area contributed by atoms with Gasteiger partial charge in [0.15, 0.2) is 0 Å². The average Bonchev–Trinajstić information content (AvgIpc) is 2.73. The van der Waals surface area contributed by atoms with Gasteiger partial charge in [-0.15, -0.1) is 0 Å². The summed E-state index contributed by atoms with van der Waals surface area (Å²) in [6, 6.07) is 24.6. The minimum absolute atomic E-state index is 0.0573. The topological polar surface area (TPSA) is 72.2 Å². The van der Waals surface area contributed by atoms with Crippen molar-refractivity contribution in [1.82, 2.24) is 5.32 Å². The first kappa shape index (κ1) is 21.3. The molecule has 4 nitrogen and oxygen atoms in total. The van der Waals surface area contributed by atoms with Crippen LogP contribution in [0.5, 0.6) is 0 Å². The lowest BCUT2D eigenvalue weighted by atomic mass is 9.86. The van der Waals surface area contributed by atoms with Crippen molar-refractivity contribution in [1.29, 1.82) is 0 Å². The van der Waals surface area contributed by atoms with E-state index in [0.717, 1.165) is 16.7 Å². The fourth-order valence-corrected chi connectivity index (χ4v) is 3.29. The number of carbonyl (C=O) groups excluding carboxylic acids is 2. The average molecular weight is 401 g/mol. The molecule has 0 aliphatic heterocycles. The summed E-state index contributed by atoms with van der Waals surface area (Å²) in [5.74, 6) is -0.867. The molecule has 0 bridgehead atoms. The largest absolute Gasteiger partial charge is 0.368 e. The van der Waals surface area contributed by atoms with Crippen molar-refractivity contribution < 1.29 is 9.59 Å². The monoisotopic (exact) mass is 400 g/mol. The van der Waals surface area contributed by atoms with Gasteiger partial charge < -0.3 is 11.1 Å². The second kappa shape index (κ2) is 8.95. The minimum atomic E-state index is -0.771. The van der Waals surface area contributed by atoms with E-state index in [-0.39, 0.29) is 11.3 Å². The van der Waals surface area contributed by atoms with Crippen LogP contribution < -0.4 is 11.1 Å². The molecule has 1 atom stereocenters. The summed E-state index contributed by atoms with van der Waals surface area (Å²) in [4.78, 5) is 24.6. The first-order valence-corrected chi connectivity index (χ1v) is 10.1. The van der Waals surface area contributed by atoms with Crippen molar-refractivity contribution in [3.63, 3.8) is 0 Å². The van der Waals surface area contributed by atoms with Crippen molar-refractivity contribution in [3.8, 4) is 11.1 Å². The molecule has 0 radical (unpaired) electrons. The summed E-state index contributed by atoms with van der Waals surface area (Å²) >= 11 is 0. The molecule has 0 saturated carbocycles. The Kier molecular flexibility index (Phi) is 6.36. The molecule has 0 unspecified atom stereocenters. The van der Waals surface area contributed by atoms with Crippen molar-refractivity contribution in [2.75, 3.05) is 0 Å². The number of nitrogens with one attached hydrogen (secondary N) is 1. The van der Waals surface area contributed by atoms with Gasteiger partial charge in [0.05, 0.1) is 0 Å². The maximum Gasteiger partial charge on any atom is 0.251 e. The van der Waals surface area contributed by atoms with Crippen molar-refractivity contribution in [3.05, 3.63) is 95.6 Å². The van der Waals surface area contributed by atoms with Gasteiger partial charge in [-0.2, -0.15) is 0 Å². The molecule has 0 aliphatic rings. The smallest absolute Gasteiger partial charge is 0.251 e. The molecular weight excluding hydrogens is 372 g/mol. The lowest BCUT2D eigenvalue weighted by Crippen LogP contribution is -2.45. The maximum atomic E-state index is 12.7. The lowest BCUT2D eigenvalue weighted by Gasteiger charge is -2.20. The summed E-state index contributed by atoms with van der Waals surface area (Å²) in [5.41, 5.74) is 10.4. The number of hydrogen-bond acceptors (Lipinski definition) is 2. The predicted octanol–water partition coefficient (Wildman–Crippen LogP) is 4.48. The molecule has 2 amide bonds. The van der Waals surface area contributed by atoms with Gasteiger partial charge in [-0.1, -0.05) is 87.5 Å². The molecule has 154 valence electrons. The molecule has 4 heteroatoms. The van der Waals surface area contributed by atoms with Crippen LogP contribution in [0.25, 0.3) is 11.1 Å². The highest BCUT2D eigenvalue weighted by atomic mass is 16.2. The number of carbonyl (C=O) groups is 2. The Hall–Kier alpha value is -3.40. The molecule has 0 fully saturated rings. The number of rotatable bonds is 6. The van der Waals surface area contributed by atoms with Crippen LogP contribution in [0.2, 0.25) is 0 Å². The molecule has 3 aromatic rings. The lowest BCUT2D eigenvalue weighted by molar-refractivity contribution is -0.119. The first-order valence-electron chi connectivity index (χ1n) is 10.1. The van der Waals surface area contributed by atoms with E-state index in [4.69, 9.17) is 5.73 Å².